The summed E-state index contributed by atoms with van der Waals surface area (Å²) in [5, 5.41) is 10.5. The zero-order valence-electron chi connectivity index (χ0n) is 17.9. The van der Waals surface area contributed by atoms with Crippen molar-refractivity contribution in [3.63, 3.8) is 0 Å². The molecule has 0 amide bonds. The van der Waals surface area contributed by atoms with E-state index < -0.39 is 20.7 Å². The molecule has 1 N–H and O–H groups in total. The van der Waals surface area contributed by atoms with Crippen molar-refractivity contribution in [3.8, 4) is 0 Å². The molecular weight excluding hydrogens is 372 g/mol. The van der Waals surface area contributed by atoms with Crippen LogP contribution >= 0.6 is 0 Å². The number of hydrogen-bond donors (Lipinski definition) is 1. The number of ether oxygens (including phenoxy) is 3. The standard InChI is InChI=1S/C22H36O5Si/c1-7-13-24-19-14-18(25-15-17-11-9-8-10-12-17)20(27-21(19)23)16-26-28(5,6)22(2,3)4/h7-12,18-21,23H,1,13-16H2,2-6H3/t18-,19+,20+,21+/m0/s1. The SMILES string of the molecule is C=CCO[C@@H]1C[C@H](OCc2ccccc2)[C@@H](CO[Si](C)(C)C(C)(C)C)O[C@H]1O. The molecule has 158 valence electrons. The third-order valence-corrected chi connectivity index (χ3v) is 10.2. The lowest BCUT2D eigenvalue weighted by atomic mass is 10.0. The van der Waals surface area contributed by atoms with E-state index >= 15 is 0 Å². The van der Waals surface area contributed by atoms with E-state index in [4.69, 9.17) is 18.6 Å². The Balaban J connectivity index is 2.04. The zero-order chi connectivity index (χ0) is 20.8. The maximum atomic E-state index is 10.4. The van der Waals surface area contributed by atoms with E-state index in [1.165, 1.54) is 0 Å². The van der Waals surface area contributed by atoms with Gasteiger partial charge in [-0.25, -0.2) is 0 Å². The molecule has 0 saturated carbocycles. The second-order valence-electron chi connectivity index (χ2n) is 8.87. The lowest BCUT2D eigenvalue weighted by Gasteiger charge is -2.42. The predicted octanol–water partition coefficient (Wildman–Crippen LogP) is 4.27. The highest BCUT2D eigenvalue weighted by molar-refractivity contribution is 6.74. The van der Waals surface area contributed by atoms with Crippen molar-refractivity contribution >= 4 is 8.32 Å². The van der Waals surface area contributed by atoms with Crippen LogP contribution in [0.1, 0.15) is 32.8 Å². The molecule has 0 radical (unpaired) electrons. The van der Waals surface area contributed by atoms with Crippen LogP contribution in [0, 0.1) is 0 Å². The summed E-state index contributed by atoms with van der Waals surface area (Å²) in [5.41, 5.74) is 1.10. The fourth-order valence-corrected chi connectivity index (χ4v) is 3.81. The first-order chi connectivity index (χ1) is 13.1. The van der Waals surface area contributed by atoms with Crippen molar-refractivity contribution in [2.75, 3.05) is 13.2 Å². The Morgan fingerprint density at radius 2 is 1.86 bits per heavy atom. The fraction of sp³-hybridized carbons (Fsp3) is 0.636. The van der Waals surface area contributed by atoms with Gasteiger partial charge in [0, 0.05) is 6.42 Å². The van der Waals surface area contributed by atoms with E-state index in [9.17, 15) is 5.11 Å². The molecule has 1 aliphatic heterocycles. The van der Waals surface area contributed by atoms with Gasteiger partial charge in [0.25, 0.3) is 0 Å². The molecule has 0 bridgehead atoms. The van der Waals surface area contributed by atoms with E-state index in [1.54, 1.807) is 6.08 Å². The second kappa shape index (κ2) is 10.1. The molecule has 1 saturated heterocycles. The highest BCUT2D eigenvalue weighted by Gasteiger charge is 2.42. The largest absolute Gasteiger partial charge is 0.414 e. The molecule has 0 aromatic heterocycles. The number of hydrogen-bond acceptors (Lipinski definition) is 5. The van der Waals surface area contributed by atoms with Gasteiger partial charge in [0.1, 0.15) is 12.2 Å². The van der Waals surface area contributed by atoms with Gasteiger partial charge in [-0.15, -0.1) is 6.58 Å². The Morgan fingerprint density at radius 3 is 2.46 bits per heavy atom. The highest BCUT2D eigenvalue weighted by Crippen LogP contribution is 2.37. The van der Waals surface area contributed by atoms with E-state index in [0.717, 1.165) is 5.56 Å². The van der Waals surface area contributed by atoms with Crippen LogP contribution in [0.15, 0.2) is 43.0 Å². The van der Waals surface area contributed by atoms with Crippen molar-refractivity contribution in [2.24, 2.45) is 0 Å². The summed E-state index contributed by atoms with van der Waals surface area (Å²) in [4.78, 5) is 0. The van der Waals surface area contributed by atoms with Crippen LogP contribution in [0.5, 0.6) is 0 Å². The van der Waals surface area contributed by atoms with Crippen LogP contribution in [0.4, 0.5) is 0 Å². The summed E-state index contributed by atoms with van der Waals surface area (Å²) < 4.78 is 24.1. The van der Waals surface area contributed by atoms with E-state index in [2.05, 4.69) is 40.4 Å². The van der Waals surface area contributed by atoms with Gasteiger partial charge in [-0.05, 0) is 23.7 Å². The monoisotopic (exact) mass is 408 g/mol. The van der Waals surface area contributed by atoms with Crippen LogP contribution in [0.2, 0.25) is 18.1 Å². The molecule has 1 fully saturated rings. The maximum absolute atomic E-state index is 10.4. The number of rotatable bonds is 9. The first-order valence-corrected chi connectivity index (χ1v) is 12.9. The Hall–Kier alpha value is -1.02. The Labute approximate surface area is 170 Å². The highest BCUT2D eigenvalue weighted by atomic mass is 28.4. The van der Waals surface area contributed by atoms with Gasteiger partial charge in [-0.3, -0.25) is 0 Å². The number of benzene rings is 1. The summed E-state index contributed by atoms with van der Waals surface area (Å²) in [7, 11) is -1.93. The average molecular weight is 409 g/mol. The quantitative estimate of drug-likeness (QED) is 0.488. The lowest BCUT2D eigenvalue weighted by molar-refractivity contribution is -0.267. The Morgan fingerprint density at radius 1 is 1.18 bits per heavy atom. The molecule has 1 heterocycles. The summed E-state index contributed by atoms with van der Waals surface area (Å²) in [6.07, 6.45) is 0.221. The minimum Gasteiger partial charge on any atom is -0.414 e. The summed E-state index contributed by atoms with van der Waals surface area (Å²) in [6.45, 7) is 16.0. The van der Waals surface area contributed by atoms with Gasteiger partial charge < -0.3 is 23.7 Å². The van der Waals surface area contributed by atoms with Crippen molar-refractivity contribution in [1.82, 2.24) is 0 Å². The molecule has 1 aliphatic rings. The van der Waals surface area contributed by atoms with Crippen molar-refractivity contribution in [2.45, 2.75) is 76.5 Å². The summed E-state index contributed by atoms with van der Waals surface area (Å²) in [5.74, 6) is 0. The lowest BCUT2D eigenvalue weighted by Crippen LogP contribution is -2.53. The van der Waals surface area contributed by atoms with Crippen LogP contribution in [0.3, 0.4) is 0 Å². The van der Waals surface area contributed by atoms with Gasteiger partial charge in [-0.1, -0.05) is 57.2 Å². The van der Waals surface area contributed by atoms with Gasteiger partial charge in [0.15, 0.2) is 14.6 Å². The van der Waals surface area contributed by atoms with E-state index in [0.29, 0.717) is 26.2 Å². The number of aliphatic hydroxyl groups excluding tert-OH is 1. The maximum Gasteiger partial charge on any atom is 0.192 e. The van der Waals surface area contributed by atoms with Gasteiger partial charge in [-0.2, -0.15) is 0 Å². The van der Waals surface area contributed by atoms with Gasteiger partial charge in [0.2, 0.25) is 0 Å². The fourth-order valence-electron chi connectivity index (χ4n) is 2.80. The predicted molar refractivity (Wildman–Crippen MR) is 114 cm³/mol. The van der Waals surface area contributed by atoms with Gasteiger partial charge in [0.05, 0.1) is 25.9 Å². The first kappa shape index (κ1) is 23.3. The third-order valence-electron chi connectivity index (χ3n) is 5.66. The van der Waals surface area contributed by atoms with Gasteiger partial charge >= 0.3 is 0 Å². The molecule has 0 unspecified atom stereocenters. The Bertz CT molecular complexity index is 599. The number of aliphatic hydroxyl groups is 1. The van der Waals surface area contributed by atoms with Crippen LogP contribution in [-0.4, -0.2) is 51.2 Å². The summed E-state index contributed by atoms with van der Waals surface area (Å²) in [6, 6.07) is 10.0. The molecule has 1 aromatic rings. The minimum absolute atomic E-state index is 0.107. The molecule has 0 spiro atoms. The second-order valence-corrected chi connectivity index (χ2v) is 13.7. The zero-order valence-corrected chi connectivity index (χ0v) is 18.9. The van der Waals surface area contributed by atoms with E-state index in [-0.39, 0.29) is 17.2 Å². The van der Waals surface area contributed by atoms with Crippen LogP contribution in [0.25, 0.3) is 0 Å². The molecule has 1 aromatic carbocycles. The molecule has 5 nitrogen and oxygen atoms in total. The molecule has 28 heavy (non-hydrogen) atoms. The van der Waals surface area contributed by atoms with Crippen molar-refractivity contribution in [1.29, 1.82) is 0 Å². The summed E-state index contributed by atoms with van der Waals surface area (Å²) >= 11 is 0. The smallest absolute Gasteiger partial charge is 0.192 e. The third kappa shape index (κ3) is 6.51. The van der Waals surface area contributed by atoms with Crippen LogP contribution in [-0.2, 0) is 25.2 Å². The van der Waals surface area contributed by atoms with Crippen molar-refractivity contribution < 1.29 is 23.7 Å². The normalized spacial score (nSPS) is 26.2. The van der Waals surface area contributed by atoms with Crippen LogP contribution < -0.4 is 0 Å². The Kier molecular flexibility index (Phi) is 8.42. The molecule has 6 heteroatoms. The molecular formula is C22H36O5Si. The minimum atomic E-state index is -1.93. The topological polar surface area (TPSA) is 57.2 Å². The molecule has 0 aliphatic carbocycles. The van der Waals surface area contributed by atoms with Crippen molar-refractivity contribution in [3.05, 3.63) is 48.6 Å². The van der Waals surface area contributed by atoms with E-state index in [1.807, 2.05) is 30.3 Å². The average Bonchev–Trinajstić information content (AvgIpc) is 2.64. The molecule has 2 rings (SSSR count). The molecule has 4 atom stereocenters. The first-order valence-electron chi connectivity index (χ1n) is 9.99.